The number of halogens is 4. The number of rotatable bonds is 5. The molecule has 0 aromatic heterocycles. The number of allylic oxidation sites excluding steroid dienone is 3. The van der Waals surface area contributed by atoms with Crippen molar-refractivity contribution in [2.45, 2.75) is 44.4 Å². The molecule has 0 amide bonds. The van der Waals surface area contributed by atoms with Crippen molar-refractivity contribution in [3.8, 4) is 0 Å². The maximum Gasteiger partial charge on any atom is 0.422 e. The Kier molecular flexibility index (Phi) is 6.14. The molecule has 0 aliphatic carbocycles. The molecule has 2 aromatic rings. The average Bonchev–Trinajstić information content (AvgIpc) is 2.96. The van der Waals surface area contributed by atoms with E-state index in [2.05, 4.69) is 0 Å². The summed E-state index contributed by atoms with van der Waals surface area (Å²) < 4.78 is 79.7. The SMILES string of the molecule is CC1=CC=C(C[C@H](C)O)[N+]1(c1ccc(S(C)(=O)=O)c(C)c1)c1ccc(F)cc1C(F)(F)F. The first kappa shape index (κ1) is 24.2. The van der Waals surface area contributed by atoms with Gasteiger partial charge < -0.3 is 5.11 Å². The molecule has 4 nitrogen and oxygen atoms in total. The van der Waals surface area contributed by atoms with Gasteiger partial charge in [0.05, 0.1) is 11.0 Å². The minimum Gasteiger partial charge on any atom is -0.393 e. The molecule has 1 aliphatic heterocycles. The summed E-state index contributed by atoms with van der Waals surface area (Å²) in [5.74, 6) is -1.02. The summed E-state index contributed by atoms with van der Waals surface area (Å²) >= 11 is 0. The van der Waals surface area contributed by atoms with Gasteiger partial charge in [0, 0.05) is 50.0 Å². The molecule has 0 saturated carbocycles. The van der Waals surface area contributed by atoms with Crippen LogP contribution in [0.2, 0.25) is 0 Å². The first-order valence-electron chi connectivity index (χ1n) is 9.83. The van der Waals surface area contributed by atoms with Crippen LogP contribution in [0.5, 0.6) is 0 Å². The summed E-state index contributed by atoms with van der Waals surface area (Å²) in [5, 5.41) is 10.1. The summed E-state index contributed by atoms with van der Waals surface area (Å²) in [6, 6.07) is 6.87. The van der Waals surface area contributed by atoms with Gasteiger partial charge in [0.1, 0.15) is 28.5 Å². The Morgan fingerprint density at radius 1 is 1.06 bits per heavy atom. The van der Waals surface area contributed by atoms with Crippen molar-refractivity contribution in [2.24, 2.45) is 0 Å². The van der Waals surface area contributed by atoms with Gasteiger partial charge in [-0.15, -0.1) is 0 Å². The predicted molar refractivity (Wildman–Crippen MR) is 115 cm³/mol. The number of hydrogen-bond donors (Lipinski definition) is 1. The van der Waals surface area contributed by atoms with E-state index in [1.165, 1.54) is 25.1 Å². The van der Waals surface area contributed by atoms with Gasteiger partial charge in [-0.05, 0) is 37.6 Å². The van der Waals surface area contributed by atoms with Crippen LogP contribution >= 0.6 is 0 Å². The maximum atomic E-state index is 14.0. The standard InChI is InChI=1S/C23H24F4NO3S/c1-14-11-18(8-10-22(14)32(4,30)31)28(15(2)5-7-19(28)12-16(3)29)21-9-6-17(24)13-20(21)23(25,26)27/h5-11,13,16,29H,12H2,1-4H3/q+1/t16-,28?/m0/s1. The number of aliphatic hydroxyl groups is 1. The van der Waals surface area contributed by atoms with E-state index in [0.717, 1.165) is 18.4 Å². The maximum absolute atomic E-state index is 14.0. The molecule has 2 aromatic carbocycles. The highest BCUT2D eigenvalue weighted by molar-refractivity contribution is 7.90. The molecule has 32 heavy (non-hydrogen) atoms. The Morgan fingerprint density at radius 3 is 2.25 bits per heavy atom. The second-order valence-corrected chi connectivity index (χ2v) is 10.1. The number of sulfone groups is 1. The number of aliphatic hydroxyl groups excluding tert-OH is 1. The Hall–Kier alpha value is -2.49. The molecule has 9 heteroatoms. The Labute approximate surface area is 184 Å². The van der Waals surface area contributed by atoms with Gasteiger partial charge in [0.15, 0.2) is 15.5 Å². The lowest BCUT2D eigenvalue weighted by molar-refractivity contribution is -0.137. The van der Waals surface area contributed by atoms with Crippen LogP contribution < -0.4 is 4.48 Å². The van der Waals surface area contributed by atoms with Crippen molar-refractivity contribution in [1.82, 2.24) is 4.48 Å². The van der Waals surface area contributed by atoms with Crippen molar-refractivity contribution < 1.29 is 31.1 Å². The molecule has 0 radical (unpaired) electrons. The van der Waals surface area contributed by atoms with E-state index in [1.807, 2.05) is 0 Å². The van der Waals surface area contributed by atoms with Crippen LogP contribution in [0.25, 0.3) is 0 Å². The summed E-state index contributed by atoms with van der Waals surface area (Å²) in [6.45, 7) is 4.74. The lowest BCUT2D eigenvalue weighted by Crippen LogP contribution is -2.42. The topological polar surface area (TPSA) is 54.4 Å². The van der Waals surface area contributed by atoms with E-state index in [1.54, 1.807) is 26.0 Å². The van der Waals surface area contributed by atoms with Gasteiger partial charge >= 0.3 is 6.18 Å². The zero-order valence-corrected chi connectivity index (χ0v) is 18.9. The summed E-state index contributed by atoms with van der Waals surface area (Å²) in [7, 11) is -3.55. The van der Waals surface area contributed by atoms with Crippen LogP contribution in [0.1, 0.15) is 31.4 Å². The second kappa shape index (κ2) is 8.13. The number of hydrogen-bond acceptors (Lipinski definition) is 3. The smallest absolute Gasteiger partial charge is 0.393 e. The van der Waals surface area contributed by atoms with E-state index >= 15 is 0 Å². The number of alkyl halides is 3. The monoisotopic (exact) mass is 470 g/mol. The molecular weight excluding hydrogens is 446 g/mol. The quantitative estimate of drug-likeness (QED) is 0.446. The molecule has 3 rings (SSSR count). The Morgan fingerprint density at radius 2 is 1.72 bits per heavy atom. The van der Waals surface area contributed by atoms with Crippen LogP contribution in [0, 0.1) is 12.7 Å². The minimum atomic E-state index is -4.84. The Balaban J connectivity index is 2.43. The first-order chi connectivity index (χ1) is 14.7. The molecule has 1 heterocycles. The van der Waals surface area contributed by atoms with Gasteiger partial charge in [0.2, 0.25) is 0 Å². The van der Waals surface area contributed by atoms with E-state index in [9.17, 15) is 31.1 Å². The fourth-order valence-corrected chi connectivity index (χ4v) is 5.27. The first-order valence-corrected chi connectivity index (χ1v) is 11.7. The van der Waals surface area contributed by atoms with Crippen LogP contribution in [0.3, 0.4) is 0 Å². The molecular formula is C23H24F4NO3S+. The third kappa shape index (κ3) is 4.12. The molecule has 0 spiro atoms. The van der Waals surface area contributed by atoms with E-state index in [4.69, 9.17) is 0 Å². The molecule has 1 unspecified atom stereocenters. The molecule has 0 fully saturated rings. The van der Waals surface area contributed by atoms with Crippen molar-refractivity contribution in [2.75, 3.05) is 6.26 Å². The second-order valence-electron chi connectivity index (χ2n) is 8.07. The molecule has 1 N–H and O–H groups in total. The normalized spacial score (nSPS) is 20.2. The molecule has 172 valence electrons. The highest BCUT2D eigenvalue weighted by Crippen LogP contribution is 2.52. The van der Waals surface area contributed by atoms with Crippen molar-refractivity contribution in [1.29, 1.82) is 0 Å². The van der Waals surface area contributed by atoms with Crippen LogP contribution in [0.4, 0.5) is 28.9 Å². The van der Waals surface area contributed by atoms with Gasteiger partial charge in [-0.2, -0.15) is 13.2 Å². The third-order valence-corrected chi connectivity index (χ3v) is 6.81. The van der Waals surface area contributed by atoms with Crippen molar-refractivity contribution in [3.63, 3.8) is 0 Å². The molecule has 0 bridgehead atoms. The number of benzene rings is 2. The van der Waals surface area contributed by atoms with Gasteiger partial charge in [0.25, 0.3) is 0 Å². The largest absolute Gasteiger partial charge is 0.422 e. The lowest BCUT2D eigenvalue weighted by atomic mass is 10.0. The highest BCUT2D eigenvalue weighted by atomic mass is 32.2. The van der Waals surface area contributed by atoms with Crippen LogP contribution in [0.15, 0.2) is 64.8 Å². The van der Waals surface area contributed by atoms with Crippen molar-refractivity contribution >= 4 is 21.2 Å². The van der Waals surface area contributed by atoms with E-state index in [0.29, 0.717) is 28.7 Å². The number of nitrogens with zero attached hydrogens (tertiary/aromatic N) is 1. The summed E-state index contributed by atoms with van der Waals surface area (Å²) in [5.41, 5.74) is 0.279. The van der Waals surface area contributed by atoms with Gasteiger partial charge in [-0.3, -0.25) is 0 Å². The van der Waals surface area contributed by atoms with Crippen molar-refractivity contribution in [3.05, 3.63) is 76.9 Å². The fourth-order valence-electron chi connectivity index (χ4n) is 4.31. The average molecular weight is 471 g/mol. The Bertz CT molecular complexity index is 1230. The minimum absolute atomic E-state index is 0.0510. The molecule has 1 aliphatic rings. The lowest BCUT2D eigenvalue weighted by Gasteiger charge is -2.38. The predicted octanol–water partition coefficient (Wildman–Crippen LogP) is 5.77. The fraction of sp³-hybridized carbons (Fsp3) is 0.304. The van der Waals surface area contributed by atoms with Crippen LogP contribution in [-0.2, 0) is 16.0 Å². The molecule has 0 saturated heterocycles. The summed E-state index contributed by atoms with van der Waals surface area (Å²) in [4.78, 5) is 0.0661. The van der Waals surface area contributed by atoms with E-state index < -0.39 is 38.0 Å². The third-order valence-electron chi connectivity index (χ3n) is 5.55. The number of aryl methyl sites for hydroxylation is 1. The molecule has 2 atom stereocenters. The van der Waals surface area contributed by atoms with Gasteiger partial charge in [-0.1, -0.05) is 0 Å². The summed E-state index contributed by atoms with van der Waals surface area (Å²) in [6.07, 6.45) is -1.30. The zero-order valence-electron chi connectivity index (χ0n) is 18.0. The number of quaternary nitrogens is 1. The highest BCUT2D eigenvalue weighted by Gasteiger charge is 2.49. The van der Waals surface area contributed by atoms with Crippen LogP contribution in [-0.4, -0.2) is 25.9 Å². The van der Waals surface area contributed by atoms with Gasteiger partial charge in [-0.25, -0.2) is 17.3 Å². The zero-order chi connectivity index (χ0) is 24.1. The van der Waals surface area contributed by atoms with E-state index in [-0.39, 0.29) is 17.0 Å².